The van der Waals surface area contributed by atoms with E-state index in [0.717, 1.165) is 55.0 Å². The molecule has 0 aliphatic carbocycles. The Hall–Kier alpha value is -1.99. The molecule has 3 aliphatic heterocycles. The Bertz CT molecular complexity index is 944. The number of benzene rings is 2. The van der Waals surface area contributed by atoms with Crippen LogP contribution < -0.4 is 14.2 Å². The van der Waals surface area contributed by atoms with Gasteiger partial charge in [-0.25, -0.2) is 0 Å². The van der Waals surface area contributed by atoms with Gasteiger partial charge in [-0.05, 0) is 48.7 Å². The molecule has 0 radical (unpaired) electrons. The first-order valence-corrected chi connectivity index (χ1v) is 11.4. The van der Waals surface area contributed by atoms with E-state index in [1.165, 1.54) is 0 Å². The highest BCUT2D eigenvalue weighted by atomic mass is 35.5. The maximum absolute atomic E-state index is 10.8. The lowest BCUT2D eigenvalue weighted by molar-refractivity contribution is -0.0587. The van der Waals surface area contributed by atoms with Crippen LogP contribution >= 0.6 is 11.6 Å². The Morgan fingerprint density at radius 2 is 1.77 bits per heavy atom. The number of rotatable bonds is 3. The highest BCUT2D eigenvalue weighted by molar-refractivity contribution is 6.30. The lowest BCUT2D eigenvalue weighted by Gasteiger charge is -2.46. The standard InChI is InChI=1S/C24H28ClNO5/c25-17-3-5-21-18(13-17)19(27)14-24(31-21)6-8-26(9-7-24)15-20(28)16-2-4-22-23(12-16)30-11-1-10-29-22/h2-5,12-13,19-20,27-28H,1,6-11,14-15H2. The van der Waals surface area contributed by atoms with Crippen LogP contribution in [0.4, 0.5) is 0 Å². The van der Waals surface area contributed by atoms with E-state index in [9.17, 15) is 10.2 Å². The lowest BCUT2D eigenvalue weighted by atomic mass is 9.81. The highest BCUT2D eigenvalue weighted by Gasteiger charge is 2.43. The molecule has 166 valence electrons. The summed E-state index contributed by atoms with van der Waals surface area (Å²) >= 11 is 6.07. The van der Waals surface area contributed by atoms with Crippen LogP contribution in [0.5, 0.6) is 17.2 Å². The summed E-state index contributed by atoms with van der Waals surface area (Å²) in [5.41, 5.74) is 1.24. The third-order valence-corrected chi connectivity index (χ3v) is 6.81. The molecule has 7 heteroatoms. The lowest BCUT2D eigenvalue weighted by Crippen LogP contribution is -2.51. The summed E-state index contributed by atoms with van der Waals surface area (Å²) in [6.45, 7) is 3.43. The number of fused-ring (bicyclic) bond motifs is 2. The molecule has 2 atom stereocenters. The van der Waals surface area contributed by atoms with Gasteiger partial charge in [-0.2, -0.15) is 0 Å². The van der Waals surface area contributed by atoms with Crippen molar-refractivity contribution < 1.29 is 24.4 Å². The van der Waals surface area contributed by atoms with Crippen molar-refractivity contribution in [2.75, 3.05) is 32.8 Å². The fourth-order valence-corrected chi connectivity index (χ4v) is 4.98. The highest BCUT2D eigenvalue weighted by Crippen LogP contribution is 2.45. The summed E-state index contributed by atoms with van der Waals surface area (Å²) in [5.74, 6) is 2.17. The summed E-state index contributed by atoms with van der Waals surface area (Å²) in [7, 11) is 0. The van der Waals surface area contributed by atoms with Crippen molar-refractivity contribution in [2.45, 2.75) is 43.5 Å². The fraction of sp³-hybridized carbons (Fsp3) is 0.500. The number of hydrogen-bond acceptors (Lipinski definition) is 6. The third kappa shape index (κ3) is 4.35. The molecular weight excluding hydrogens is 418 g/mol. The molecule has 0 saturated carbocycles. The van der Waals surface area contributed by atoms with Crippen LogP contribution in [0.15, 0.2) is 36.4 Å². The molecule has 2 aromatic rings. The topological polar surface area (TPSA) is 71.4 Å². The number of hydrogen-bond donors (Lipinski definition) is 2. The van der Waals surface area contributed by atoms with Crippen molar-refractivity contribution in [2.24, 2.45) is 0 Å². The Balaban J connectivity index is 1.21. The molecule has 2 N–H and O–H groups in total. The smallest absolute Gasteiger partial charge is 0.161 e. The van der Waals surface area contributed by atoms with Crippen LogP contribution in [0.1, 0.15) is 49.0 Å². The SMILES string of the molecule is OC(CN1CCC2(CC1)CC(O)c1cc(Cl)ccc1O2)c1ccc2c(c1)OCCCO2. The van der Waals surface area contributed by atoms with Crippen LogP contribution in [-0.4, -0.2) is 53.6 Å². The van der Waals surface area contributed by atoms with Gasteiger partial charge in [0.1, 0.15) is 11.4 Å². The summed E-state index contributed by atoms with van der Waals surface area (Å²) < 4.78 is 17.8. The second-order valence-electron chi connectivity index (χ2n) is 8.76. The first-order valence-electron chi connectivity index (χ1n) is 11.0. The zero-order valence-electron chi connectivity index (χ0n) is 17.4. The van der Waals surface area contributed by atoms with E-state index in [1.54, 1.807) is 12.1 Å². The van der Waals surface area contributed by atoms with Gasteiger partial charge in [-0.15, -0.1) is 0 Å². The van der Waals surface area contributed by atoms with Crippen LogP contribution in [0.25, 0.3) is 0 Å². The first-order chi connectivity index (χ1) is 15.0. The normalized spacial score (nSPS) is 23.5. The molecule has 5 rings (SSSR count). The quantitative estimate of drug-likeness (QED) is 0.747. The average molecular weight is 446 g/mol. The minimum absolute atomic E-state index is 0.364. The van der Waals surface area contributed by atoms with Gasteiger partial charge in [0, 0.05) is 43.1 Å². The molecule has 3 aliphatic rings. The number of ether oxygens (including phenoxy) is 3. The monoisotopic (exact) mass is 445 g/mol. The van der Waals surface area contributed by atoms with Crippen molar-refractivity contribution in [3.05, 3.63) is 52.5 Å². The van der Waals surface area contributed by atoms with Crippen molar-refractivity contribution in [3.63, 3.8) is 0 Å². The van der Waals surface area contributed by atoms with Crippen molar-refractivity contribution in [1.82, 2.24) is 4.90 Å². The van der Waals surface area contributed by atoms with E-state index in [1.807, 2.05) is 24.3 Å². The second-order valence-corrected chi connectivity index (χ2v) is 9.20. The maximum Gasteiger partial charge on any atom is 0.161 e. The Morgan fingerprint density at radius 1 is 1.03 bits per heavy atom. The van der Waals surface area contributed by atoms with Gasteiger partial charge in [0.2, 0.25) is 0 Å². The zero-order valence-corrected chi connectivity index (χ0v) is 18.2. The van der Waals surface area contributed by atoms with Gasteiger partial charge in [0.15, 0.2) is 11.5 Å². The predicted molar refractivity (Wildman–Crippen MR) is 117 cm³/mol. The van der Waals surface area contributed by atoms with E-state index in [-0.39, 0.29) is 5.60 Å². The Labute approximate surface area is 187 Å². The molecule has 0 bridgehead atoms. The molecule has 6 nitrogen and oxygen atoms in total. The summed E-state index contributed by atoms with van der Waals surface area (Å²) in [5, 5.41) is 22.1. The van der Waals surface area contributed by atoms with Crippen LogP contribution in [0.3, 0.4) is 0 Å². The molecule has 0 amide bonds. The zero-order chi connectivity index (χ0) is 21.4. The average Bonchev–Trinajstić information content (AvgIpc) is 3.01. The minimum atomic E-state index is -0.605. The molecule has 2 unspecified atom stereocenters. The van der Waals surface area contributed by atoms with E-state index in [2.05, 4.69) is 4.90 Å². The van der Waals surface area contributed by atoms with Crippen LogP contribution in [-0.2, 0) is 0 Å². The Kier molecular flexibility index (Phi) is 5.73. The van der Waals surface area contributed by atoms with E-state index >= 15 is 0 Å². The van der Waals surface area contributed by atoms with Crippen molar-refractivity contribution in [1.29, 1.82) is 0 Å². The van der Waals surface area contributed by atoms with Gasteiger partial charge in [0.05, 0.1) is 25.4 Å². The van der Waals surface area contributed by atoms with Gasteiger partial charge >= 0.3 is 0 Å². The van der Waals surface area contributed by atoms with E-state index in [0.29, 0.717) is 37.0 Å². The molecule has 1 fully saturated rings. The molecule has 31 heavy (non-hydrogen) atoms. The molecule has 1 saturated heterocycles. The minimum Gasteiger partial charge on any atom is -0.490 e. The maximum atomic E-state index is 10.8. The Morgan fingerprint density at radius 3 is 2.58 bits per heavy atom. The number of aliphatic hydroxyl groups is 2. The van der Waals surface area contributed by atoms with Gasteiger partial charge in [-0.3, -0.25) is 0 Å². The first kappa shape index (κ1) is 20.9. The number of nitrogens with zero attached hydrogens (tertiary/aromatic N) is 1. The number of likely N-dealkylation sites (tertiary alicyclic amines) is 1. The van der Waals surface area contributed by atoms with Crippen molar-refractivity contribution in [3.8, 4) is 17.2 Å². The largest absolute Gasteiger partial charge is 0.490 e. The molecule has 1 spiro atoms. The summed E-state index contributed by atoms with van der Waals surface area (Å²) in [6.07, 6.45) is 1.86. The molecule has 2 aromatic carbocycles. The van der Waals surface area contributed by atoms with Crippen molar-refractivity contribution >= 4 is 11.6 Å². The van der Waals surface area contributed by atoms with Gasteiger partial charge in [-0.1, -0.05) is 17.7 Å². The van der Waals surface area contributed by atoms with E-state index < -0.39 is 12.2 Å². The molecule has 3 heterocycles. The van der Waals surface area contributed by atoms with Crippen LogP contribution in [0.2, 0.25) is 5.02 Å². The number of β-amino-alcohol motifs (C(OH)–C–C–N with tert-alkyl or cyclic N) is 1. The van der Waals surface area contributed by atoms with E-state index in [4.69, 9.17) is 25.8 Å². The fourth-order valence-electron chi connectivity index (χ4n) is 4.80. The third-order valence-electron chi connectivity index (χ3n) is 6.58. The summed E-state index contributed by atoms with van der Waals surface area (Å²) in [4.78, 5) is 2.26. The van der Waals surface area contributed by atoms with Gasteiger partial charge < -0.3 is 29.3 Å². The number of aliphatic hydroxyl groups excluding tert-OH is 2. The summed E-state index contributed by atoms with van der Waals surface area (Å²) in [6, 6.07) is 11.1. The second kappa shape index (κ2) is 8.51. The molecule has 0 aromatic heterocycles. The predicted octanol–water partition coefficient (Wildman–Crippen LogP) is 3.89. The number of piperidine rings is 1. The molecular formula is C24H28ClNO5. The number of halogens is 1. The van der Waals surface area contributed by atoms with Gasteiger partial charge in [0.25, 0.3) is 0 Å². The van der Waals surface area contributed by atoms with Crippen LogP contribution in [0, 0.1) is 0 Å².